The third kappa shape index (κ3) is 6.35. The molecule has 1 aromatic heterocycles. The highest BCUT2D eigenvalue weighted by atomic mass is 127. The first kappa shape index (κ1) is 29.2. The van der Waals surface area contributed by atoms with Gasteiger partial charge in [-0.1, -0.05) is 36.1 Å². The van der Waals surface area contributed by atoms with Gasteiger partial charge in [0, 0.05) is 16.1 Å². The van der Waals surface area contributed by atoms with Crippen molar-refractivity contribution >= 4 is 74.5 Å². The molecule has 0 aliphatic carbocycles. The second-order valence-electron chi connectivity index (χ2n) is 8.37. The number of rotatable bonds is 8. The predicted molar refractivity (Wildman–Crippen MR) is 166 cm³/mol. The van der Waals surface area contributed by atoms with Crippen LogP contribution in [-0.4, -0.2) is 29.7 Å². The average Bonchev–Trinajstić information content (AvgIpc) is 3.18. The summed E-state index contributed by atoms with van der Waals surface area (Å²) in [4.78, 5) is 43.8. The van der Waals surface area contributed by atoms with Crippen LogP contribution in [0.5, 0.6) is 11.5 Å². The minimum atomic E-state index is -0.750. The molecular formula is C28H24I2N2O6S. The van der Waals surface area contributed by atoms with Crippen LogP contribution in [0.15, 0.2) is 70.1 Å². The van der Waals surface area contributed by atoms with Crippen molar-refractivity contribution in [1.82, 2.24) is 4.57 Å². The molecule has 1 aliphatic heterocycles. The van der Waals surface area contributed by atoms with Crippen molar-refractivity contribution in [3.05, 3.63) is 98.3 Å². The van der Waals surface area contributed by atoms with E-state index in [2.05, 4.69) is 56.8 Å². The fraction of sp³-hybridized carbons (Fsp3) is 0.214. The lowest BCUT2D eigenvalue weighted by Gasteiger charge is -2.24. The van der Waals surface area contributed by atoms with E-state index < -0.39 is 18.0 Å². The molecule has 0 unspecified atom stereocenters. The van der Waals surface area contributed by atoms with Gasteiger partial charge in [-0.3, -0.25) is 14.2 Å². The number of hydrogen-bond donors (Lipinski definition) is 0. The second-order valence-corrected chi connectivity index (χ2v) is 11.8. The Hall–Kier alpha value is -2.78. The molecule has 0 saturated carbocycles. The first-order valence-corrected chi connectivity index (χ1v) is 14.8. The highest BCUT2D eigenvalue weighted by Gasteiger charge is 2.33. The Labute approximate surface area is 256 Å². The lowest BCUT2D eigenvalue weighted by atomic mass is 9.96. The summed E-state index contributed by atoms with van der Waals surface area (Å²) in [6, 6.07) is 10.2. The molecule has 0 fully saturated rings. The van der Waals surface area contributed by atoms with Crippen molar-refractivity contribution in [2.75, 3.05) is 13.2 Å². The van der Waals surface area contributed by atoms with E-state index in [9.17, 15) is 14.4 Å². The SMILES string of the molecule is C=CCOc1ccc([C@@H]2C(C(=O)OCC)=C(C)N=c3s/c(=C\c4cc(I)cc(I)c4OC(C)=O)c(=O)n32)cc1. The molecule has 2 aromatic carbocycles. The number of benzene rings is 2. The number of ether oxygens (including phenoxy) is 3. The van der Waals surface area contributed by atoms with Gasteiger partial charge in [0.05, 0.1) is 32.0 Å². The molecule has 8 nitrogen and oxygen atoms in total. The maximum absolute atomic E-state index is 13.9. The van der Waals surface area contributed by atoms with Crippen molar-refractivity contribution in [2.24, 2.45) is 4.99 Å². The molecule has 0 saturated heterocycles. The third-order valence-electron chi connectivity index (χ3n) is 5.65. The van der Waals surface area contributed by atoms with E-state index in [4.69, 9.17) is 14.2 Å². The minimum Gasteiger partial charge on any atom is -0.490 e. The van der Waals surface area contributed by atoms with Crippen LogP contribution in [0.2, 0.25) is 0 Å². The number of fused-ring (bicyclic) bond motifs is 1. The molecule has 3 aromatic rings. The molecule has 0 spiro atoms. The summed E-state index contributed by atoms with van der Waals surface area (Å²) in [7, 11) is 0. The lowest BCUT2D eigenvalue weighted by Crippen LogP contribution is -2.39. The molecule has 39 heavy (non-hydrogen) atoms. The Morgan fingerprint density at radius 2 is 1.92 bits per heavy atom. The van der Waals surface area contributed by atoms with Crippen LogP contribution in [0.25, 0.3) is 6.08 Å². The molecule has 0 radical (unpaired) electrons. The fourth-order valence-corrected chi connectivity index (χ4v) is 7.13. The minimum absolute atomic E-state index is 0.186. The molecule has 0 bridgehead atoms. The van der Waals surface area contributed by atoms with Crippen LogP contribution in [0.4, 0.5) is 0 Å². The summed E-state index contributed by atoms with van der Waals surface area (Å²) in [5.74, 6) is 0.0231. The fourth-order valence-electron chi connectivity index (χ4n) is 4.09. The Morgan fingerprint density at radius 3 is 2.56 bits per heavy atom. The Kier molecular flexibility index (Phi) is 9.43. The van der Waals surface area contributed by atoms with Crippen LogP contribution in [0.3, 0.4) is 0 Å². The van der Waals surface area contributed by atoms with Crippen molar-refractivity contribution < 1.29 is 23.8 Å². The summed E-state index contributed by atoms with van der Waals surface area (Å²) >= 11 is 5.48. The van der Waals surface area contributed by atoms with E-state index in [0.29, 0.717) is 49.8 Å². The van der Waals surface area contributed by atoms with E-state index in [1.807, 2.05) is 24.3 Å². The van der Waals surface area contributed by atoms with Gasteiger partial charge in [-0.2, -0.15) is 0 Å². The van der Waals surface area contributed by atoms with Gasteiger partial charge < -0.3 is 14.2 Å². The maximum Gasteiger partial charge on any atom is 0.338 e. The zero-order chi connectivity index (χ0) is 28.3. The quantitative estimate of drug-likeness (QED) is 0.145. The lowest BCUT2D eigenvalue weighted by molar-refractivity contribution is -0.139. The summed E-state index contributed by atoms with van der Waals surface area (Å²) in [5.41, 5.74) is 1.74. The average molecular weight is 770 g/mol. The highest BCUT2D eigenvalue weighted by Crippen LogP contribution is 2.32. The van der Waals surface area contributed by atoms with Crippen LogP contribution in [0.1, 0.15) is 37.9 Å². The maximum atomic E-state index is 13.9. The van der Waals surface area contributed by atoms with Gasteiger partial charge in [0.15, 0.2) is 10.6 Å². The van der Waals surface area contributed by atoms with Crippen LogP contribution in [0, 0.1) is 7.14 Å². The predicted octanol–water partition coefficient (Wildman–Crippen LogP) is 4.50. The van der Waals surface area contributed by atoms with Gasteiger partial charge in [-0.05, 0) is 94.9 Å². The van der Waals surface area contributed by atoms with Crippen LogP contribution < -0.4 is 24.4 Å². The Bertz CT molecular complexity index is 1670. The van der Waals surface area contributed by atoms with Crippen molar-refractivity contribution in [2.45, 2.75) is 26.8 Å². The summed E-state index contributed by atoms with van der Waals surface area (Å²) in [5, 5.41) is 0. The highest BCUT2D eigenvalue weighted by molar-refractivity contribution is 14.1. The number of carbonyl (C=O) groups excluding carboxylic acids is 2. The number of esters is 2. The first-order valence-electron chi connectivity index (χ1n) is 11.8. The topological polar surface area (TPSA) is 96.2 Å². The number of halogens is 2. The third-order valence-corrected chi connectivity index (χ3v) is 8.06. The van der Waals surface area contributed by atoms with Crippen LogP contribution in [-0.2, 0) is 14.3 Å². The molecule has 0 amide bonds. The molecule has 202 valence electrons. The first-order chi connectivity index (χ1) is 18.6. The monoisotopic (exact) mass is 770 g/mol. The molecule has 0 N–H and O–H groups in total. The van der Waals surface area contributed by atoms with Crippen molar-refractivity contribution in [1.29, 1.82) is 0 Å². The van der Waals surface area contributed by atoms with E-state index in [1.165, 1.54) is 22.8 Å². The number of aromatic nitrogens is 1. The standard InChI is InChI=1S/C28H24I2N2O6S/c1-5-11-37-20-9-7-17(8-10-20)24-23(27(35)36-6-2)15(3)31-28-32(24)26(34)22(39-28)13-18-12-19(29)14-21(30)25(18)38-16(4)33/h5,7-10,12-14,24H,1,6,11H2,2-4H3/b22-13-/t24-/m1/s1. The molecule has 4 rings (SSSR count). The largest absolute Gasteiger partial charge is 0.490 e. The number of nitrogens with zero attached hydrogens (tertiary/aromatic N) is 2. The summed E-state index contributed by atoms with van der Waals surface area (Å²) < 4.78 is 20.0. The van der Waals surface area contributed by atoms with E-state index >= 15 is 0 Å². The van der Waals surface area contributed by atoms with Crippen molar-refractivity contribution in [3.8, 4) is 11.5 Å². The molecular weight excluding hydrogens is 746 g/mol. The van der Waals surface area contributed by atoms with E-state index in [0.717, 1.165) is 7.14 Å². The zero-order valence-corrected chi connectivity index (χ0v) is 26.5. The van der Waals surface area contributed by atoms with Gasteiger partial charge in [-0.25, -0.2) is 9.79 Å². The van der Waals surface area contributed by atoms with E-state index in [1.54, 1.807) is 38.1 Å². The normalized spacial score (nSPS) is 14.9. The molecule has 1 aliphatic rings. The van der Waals surface area contributed by atoms with Crippen LogP contribution >= 0.6 is 56.5 Å². The number of allylic oxidation sites excluding steroid dienone is 1. The van der Waals surface area contributed by atoms with Crippen molar-refractivity contribution in [3.63, 3.8) is 0 Å². The second kappa shape index (κ2) is 12.6. The number of thiazole rings is 1. The van der Waals surface area contributed by atoms with Gasteiger partial charge in [0.25, 0.3) is 5.56 Å². The van der Waals surface area contributed by atoms with Gasteiger partial charge >= 0.3 is 11.9 Å². The molecule has 2 heterocycles. The van der Waals surface area contributed by atoms with Gasteiger partial charge in [0.1, 0.15) is 12.4 Å². The Morgan fingerprint density at radius 1 is 1.21 bits per heavy atom. The smallest absolute Gasteiger partial charge is 0.338 e. The molecule has 1 atom stereocenters. The summed E-state index contributed by atoms with van der Waals surface area (Å²) in [6.45, 7) is 9.00. The van der Waals surface area contributed by atoms with Gasteiger partial charge in [0.2, 0.25) is 0 Å². The van der Waals surface area contributed by atoms with E-state index in [-0.39, 0.29) is 12.2 Å². The summed E-state index contributed by atoms with van der Waals surface area (Å²) in [6.07, 6.45) is 3.34. The van der Waals surface area contributed by atoms with Gasteiger partial charge in [-0.15, -0.1) is 0 Å². The number of hydrogen-bond acceptors (Lipinski definition) is 8. The molecule has 11 heteroatoms. The zero-order valence-electron chi connectivity index (χ0n) is 21.3. The number of carbonyl (C=O) groups is 2. The Balaban J connectivity index is 1.93.